The highest BCUT2D eigenvalue weighted by Gasteiger charge is 2.32. The molecule has 2 unspecified atom stereocenters. The first-order valence-electron chi connectivity index (χ1n) is 9.38. The van der Waals surface area contributed by atoms with E-state index in [-0.39, 0.29) is 22.9 Å². The number of morpholine rings is 1. The molecule has 1 saturated heterocycles. The lowest BCUT2D eigenvalue weighted by atomic mass is 10.2. The Morgan fingerprint density at radius 3 is 2.34 bits per heavy atom. The van der Waals surface area contributed by atoms with Gasteiger partial charge in [-0.05, 0) is 50.2 Å². The molecule has 1 aliphatic rings. The van der Waals surface area contributed by atoms with Crippen molar-refractivity contribution in [2.45, 2.75) is 31.0 Å². The smallest absolute Gasteiger partial charge is 0.291 e. The molecule has 0 aliphatic carbocycles. The van der Waals surface area contributed by atoms with Gasteiger partial charge in [-0.3, -0.25) is 4.79 Å². The number of hydrogen-bond donors (Lipinski definition) is 1. The summed E-state index contributed by atoms with van der Waals surface area (Å²) in [6.45, 7) is 4.35. The van der Waals surface area contributed by atoms with Crippen LogP contribution in [0.1, 0.15) is 24.4 Å². The van der Waals surface area contributed by atoms with Gasteiger partial charge in [0.15, 0.2) is 5.76 Å². The van der Waals surface area contributed by atoms with E-state index in [4.69, 9.17) is 9.15 Å². The maximum absolute atomic E-state index is 12.9. The van der Waals surface area contributed by atoms with Crippen LogP contribution in [-0.4, -0.2) is 43.9 Å². The minimum atomic E-state index is -3.62. The first kappa shape index (κ1) is 19.6. The molecule has 1 amide bonds. The molecule has 1 aliphatic heterocycles. The second kappa shape index (κ2) is 7.62. The van der Waals surface area contributed by atoms with Crippen LogP contribution >= 0.6 is 0 Å². The number of amides is 1. The van der Waals surface area contributed by atoms with Crippen LogP contribution in [0, 0.1) is 0 Å². The van der Waals surface area contributed by atoms with Crippen molar-refractivity contribution in [1.29, 1.82) is 0 Å². The predicted molar refractivity (Wildman–Crippen MR) is 109 cm³/mol. The molecule has 0 radical (unpaired) electrons. The molecular weight excluding hydrogens is 392 g/mol. The molecule has 4 rings (SSSR count). The molecule has 3 aromatic rings. The second-order valence-corrected chi connectivity index (χ2v) is 9.14. The number of nitrogens with zero attached hydrogens (tertiary/aromatic N) is 1. The molecule has 2 atom stereocenters. The summed E-state index contributed by atoms with van der Waals surface area (Å²) < 4.78 is 38.4. The maximum atomic E-state index is 12.9. The van der Waals surface area contributed by atoms with Crippen LogP contribution < -0.4 is 5.32 Å². The van der Waals surface area contributed by atoms with Gasteiger partial charge in [0.05, 0.1) is 17.1 Å². The molecule has 8 heteroatoms. The summed E-state index contributed by atoms with van der Waals surface area (Å²) in [5.41, 5.74) is 1.12. The van der Waals surface area contributed by atoms with E-state index in [0.717, 1.165) is 5.39 Å². The Morgan fingerprint density at radius 1 is 1.03 bits per heavy atom. The van der Waals surface area contributed by atoms with Crippen LogP contribution in [0.3, 0.4) is 0 Å². The molecule has 7 nitrogen and oxygen atoms in total. The first-order valence-corrected chi connectivity index (χ1v) is 10.8. The number of ether oxygens (including phenoxy) is 1. The Kier molecular flexibility index (Phi) is 5.16. The van der Waals surface area contributed by atoms with Crippen molar-refractivity contribution in [2.24, 2.45) is 0 Å². The summed E-state index contributed by atoms with van der Waals surface area (Å²) in [6, 6.07) is 15.2. The highest BCUT2D eigenvalue weighted by atomic mass is 32.2. The van der Waals surface area contributed by atoms with E-state index in [1.807, 2.05) is 32.0 Å². The Balaban J connectivity index is 1.49. The number of para-hydroxylation sites is 1. The Labute approximate surface area is 169 Å². The average Bonchev–Trinajstić information content (AvgIpc) is 3.12. The predicted octanol–water partition coefficient (Wildman–Crippen LogP) is 3.48. The summed E-state index contributed by atoms with van der Waals surface area (Å²) in [6.07, 6.45) is -0.313. The van der Waals surface area contributed by atoms with Crippen LogP contribution in [0.5, 0.6) is 0 Å². The number of rotatable bonds is 4. The number of sulfonamides is 1. The van der Waals surface area contributed by atoms with E-state index < -0.39 is 15.9 Å². The molecule has 0 spiro atoms. The molecule has 0 bridgehead atoms. The highest BCUT2D eigenvalue weighted by molar-refractivity contribution is 7.89. The lowest BCUT2D eigenvalue weighted by molar-refractivity contribution is -0.0440. The quantitative estimate of drug-likeness (QED) is 0.706. The Morgan fingerprint density at radius 2 is 1.69 bits per heavy atom. The van der Waals surface area contributed by atoms with Crippen LogP contribution in [0.15, 0.2) is 63.9 Å². The number of furan rings is 1. The van der Waals surface area contributed by atoms with Gasteiger partial charge < -0.3 is 14.5 Å². The maximum Gasteiger partial charge on any atom is 0.291 e. The third-order valence-electron chi connectivity index (χ3n) is 4.79. The summed E-state index contributed by atoms with van der Waals surface area (Å²) in [5.74, 6) is -0.202. The van der Waals surface area contributed by atoms with E-state index in [1.165, 1.54) is 16.4 Å². The Hall–Kier alpha value is -2.68. The molecule has 152 valence electrons. The zero-order chi connectivity index (χ0) is 20.6. The summed E-state index contributed by atoms with van der Waals surface area (Å²) in [5, 5.41) is 3.57. The van der Waals surface area contributed by atoms with Gasteiger partial charge >= 0.3 is 0 Å². The lowest BCUT2D eigenvalue weighted by Crippen LogP contribution is -2.48. The van der Waals surface area contributed by atoms with Gasteiger partial charge in [-0.1, -0.05) is 18.2 Å². The van der Waals surface area contributed by atoms with Crippen molar-refractivity contribution in [3.8, 4) is 0 Å². The van der Waals surface area contributed by atoms with Gasteiger partial charge in [0.2, 0.25) is 10.0 Å². The van der Waals surface area contributed by atoms with Gasteiger partial charge in [0.25, 0.3) is 5.91 Å². The molecule has 0 saturated carbocycles. The molecule has 2 aromatic carbocycles. The lowest BCUT2D eigenvalue weighted by Gasteiger charge is -2.34. The van der Waals surface area contributed by atoms with Crippen LogP contribution in [0.4, 0.5) is 5.69 Å². The molecule has 1 N–H and O–H groups in total. The summed E-state index contributed by atoms with van der Waals surface area (Å²) >= 11 is 0. The standard InChI is InChI=1S/C21H22N2O5S/c1-14-12-23(13-15(2)27-14)29(25,26)18-9-7-17(8-10-18)22-21(24)20-11-16-5-3-4-6-19(16)28-20/h3-11,14-15H,12-13H2,1-2H3,(H,22,24). The number of benzene rings is 2. The van der Waals surface area contributed by atoms with Crippen molar-refractivity contribution in [1.82, 2.24) is 4.31 Å². The average molecular weight is 414 g/mol. The topological polar surface area (TPSA) is 88.9 Å². The van der Waals surface area contributed by atoms with Crippen molar-refractivity contribution < 1.29 is 22.4 Å². The number of nitrogens with one attached hydrogen (secondary N) is 1. The summed E-state index contributed by atoms with van der Waals surface area (Å²) in [4.78, 5) is 12.6. The second-order valence-electron chi connectivity index (χ2n) is 7.21. The fourth-order valence-electron chi connectivity index (χ4n) is 3.47. The molecule has 1 aromatic heterocycles. The van der Waals surface area contributed by atoms with Gasteiger partial charge in [0, 0.05) is 24.2 Å². The minimum absolute atomic E-state index is 0.157. The van der Waals surface area contributed by atoms with Crippen molar-refractivity contribution in [2.75, 3.05) is 18.4 Å². The third kappa shape index (κ3) is 4.05. The molecule has 29 heavy (non-hydrogen) atoms. The van der Waals surface area contributed by atoms with Crippen LogP contribution in [-0.2, 0) is 14.8 Å². The fourth-order valence-corrected chi connectivity index (χ4v) is 5.06. The van der Waals surface area contributed by atoms with E-state index in [9.17, 15) is 13.2 Å². The largest absolute Gasteiger partial charge is 0.451 e. The normalized spacial score (nSPS) is 20.6. The molecule has 2 heterocycles. The van der Waals surface area contributed by atoms with Crippen LogP contribution in [0.25, 0.3) is 11.0 Å². The summed E-state index contributed by atoms with van der Waals surface area (Å²) in [7, 11) is -3.62. The van der Waals surface area contributed by atoms with Gasteiger partial charge in [-0.25, -0.2) is 8.42 Å². The minimum Gasteiger partial charge on any atom is -0.451 e. The van der Waals surface area contributed by atoms with Gasteiger partial charge in [-0.15, -0.1) is 0 Å². The van der Waals surface area contributed by atoms with E-state index in [1.54, 1.807) is 24.3 Å². The number of hydrogen-bond acceptors (Lipinski definition) is 5. The van der Waals surface area contributed by atoms with E-state index in [0.29, 0.717) is 24.4 Å². The van der Waals surface area contributed by atoms with Crippen molar-refractivity contribution in [3.05, 3.63) is 60.4 Å². The van der Waals surface area contributed by atoms with Gasteiger partial charge in [0.1, 0.15) is 5.58 Å². The number of carbonyl (C=O) groups excluding carboxylic acids is 1. The number of anilines is 1. The van der Waals surface area contributed by atoms with E-state index in [2.05, 4.69) is 5.32 Å². The molecular formula is C21H22N2O5S. The monoisotopic (exact) mass is 414 g/mol. The van der Waals surface area contributed by atoms with Crippen molar-refractivity contribution >= 4 is 32.6 Å². The highest BCUT2D eigenvalue weighted by Crippen LogP contribution is 2.23. The Bertz CT molecular complexity index is 1090. The zero-order valence-electron chi connectivity index (χ0n) is 16.2. The fraction of sp³-hybridized carbons (Fsp3) is 0.286. The molecule has 1 fully saturated rings. The number of fused-ring (bicyclic) bond motifs is 1. The van der Waals surface area contributed by atoms with Crippen LogP contribution in [0.2, 0.25) is 0 Å². The van der Waals surface area contributed by atoms with E-state index >= 15 is 0 Å². The zero-order valence-corrected chi connectivity index (χ0v) is 17.0. The first-order chi connectivity index (χ1) is 13.8. The van der Waals surface area contributed by atoms with Gasteiger partial charge in [-0.2, -0.15) is 4.31 Å². The SMILES string of the molecule is CC1CN(S(=O)(=O)c2ccc(NC(=O)c3cc4ccccc4o3)cc2)CC(C)O1. The third-order valence-corrected chi connectivity index (χ3v) is 6.63. The van der Waals surface area contributed by atoms with Crippen molar-refractivity contribution in [3.63, 3.8) is 0 Å². The number of carbonyl (C=O) groups is 1.